The Labute approximate surface area is 98.6 Å². The molecule has 0 atom stereocenters. The molecule has 4 nitrogen and oxygen atoms in total. The molecule has 0 radical (unpaired) electrons. The summed E-state index contributed by atoms with van der Waals surface area (Å²) in [5, 5.41) is 3.11. The van der Waals surface area contributed by atoms with E-state index in [1.54, 1.807) is 0 Å². The molecule has 94 valence electrons. The Morgan fingerprint density at radius 3 is 2.69 bits per heavy atom. The second-order valence-electron chi connectivity index (χ2n) is 3.79. The van der Waals surface area contributed by atoms with E-state index in [2.05, 4.69) is 17.3 Å². The lowest BCUT2D eigenvalue weighted by molar-refractivity contribution is -0.136. The van der Waals surface area contributed by atoms with Crippen molar-refractivity contribution in [1.29, 1.82) is 0 Å². The topological polar surface area (TPSA) is 41.6 Å². The van der Waals surface area contributed by atoms with Gasteiger partial charge in [-0.1, -0.05) is 13.0 Å². The van der Waals surface area contributed by atoms with Crippen molar-refractivity contribution in [2.75, 3.05) is 40.8 Å². The zero-order valence-corrected chi connectivity index (χ0v) is 10.9. The van der Waals surface area contributed by atoms with Gasteiger partial charge >= 0.3 is 5.97 Å². The molecule has 0 aromatic rings. The molecule has 0 aromatic heterocycles. The average Bonchev–Trinajstić information content (AvgIpc) is 2.29. The number of hydrogen-bond donors (Lipinski definition) is 1. The van der Waals surface area contributed by atoms with Crippen LogP contribution in [0.15, 0.2) is 11.6 Å². The van der Waals surface area contributed by atoms with Crippen LogP contribution in [0, 0.1) is 0 Å². The maximum Gasteiger partial charge on any atom is 0.333 e. The number of methoxy groups -OCH3 is 1. The van der Waals surface area contributed by atoms with Crippen molar-refractivity contribution in [3.05, 3.63) is 11.6 Å². The molecule has 0 fully saturated rings. The van der Waals surface area contributed by atoms with Crippen molar-refractivity contribution in [2.24, 2.45) is 0 Å². The summed E-state index contributed by atoms with van der Waals surface area (Å²) in [5.41, 5.74) is 0.753. The minimum Gasteiger partial charge on any atom is -0.466 e. The molecule has 0 aromatic carbocycles. The predicted octanol–water partition coefficient (Wildman–Crippen LogP) is 1.04. The molecule has 4 heteroatoms. The number of nitrogens with zero attached hydrogens (tertiary/aromatic N) is 1. The molecule has 0 unspecified atom stereocenters. The lowest BCUT2D eigenvalue weighted by atomic mass is 10.2. The maximum atomic E-state index is 11.3. The Bertz CT molecular complexity index is 227. The first-order valence-electron chi connectivity index (χ1n) is 5.76. The van der Waals surface area contributed by atoms with Crippen LogP contribution >= 0.6 is 0 Å². The lowest BCUT2D eigenvalue weighted by Crippen LogP contribution is -2.23. The predicted molar refractivity (Wildman–Crippen MR) is 66.4 cm³/mol. The monoisotopic (exact) mass is 228 g/mol. The number of nitrogens with one attached hydrogen (secondary N) is 1. The molecule has 0 saturated heterocycles. The van der Waals surface area contributed by atoms with Crippen molar-refractivity contribution in [2.45, 2.75) is 19.8 Å². The van der Waals surface area contributed by atoms with Crippen LogP contribution < -0.4 is 5.32 Å². The molecule has 16 heavy (non-hydrogen) atoms. The van der Waals surface area contributed by atoms with Crippen molar-refractivity contribution in [3.63, 3.8) is 0 Å². The van der Waals surface area contributed by atoms with Gasteiger partial charge in [0.25, 0.3) is 0 Å². The van der Waals surface area contributed by atoms with E-state index >= 15 is 0 Å². The van der Waals surface area contributed by atoms with E-state index in [9.17, 15) is 4.79 Å². The molecule has 0 saturated carbocycles. The van der Waals surface area contributed by atoms with Crippen LogP contribution in [0.3, 0.4) is 0 Å². The smallest absolute Gasteiger partial charge is 0.333 e. The summed E-state index contributed by atoms with van der Waals surface area (Å²) in [7, 11) is 5.42. The minimum absolute atomic E-state index is 0.217. The fourth-order valence-electron chi connectivity index (χ4n) is 1.39. The van der Waals surface area contributed by atoms with E-state index in [-0.39, 0.29) is 5.97 Å². The van der Waals surface area contributed by atoms with Gasteiger partial charge in [-0.25, -0.2) is 4.79 Å². The van der Waals surface area contributed by atoms with Crippen molar-refractivity contribution >= 4 is 5.97 Å². The summed E-state index contributed by atoms with van der Waals surface area (Å²) >= 11 is 0. The third-order valence-corrected chi connectivity index (χ3v) is 2.44. The second-order valence-corrected chi connectivity index (χ2v) is 3.79. The molecule has 0 heterocycles. The van der Waals surface area contributed by atoms with E-state index < -0.39 is 0 Å². The third-order valence-electron chi connectivity index (χ3n) is 2.44. The highest BCUT2D eigenvalue weighted by Gasteiger charge is 2.06. The van der Waals surface area contributed by atoms with Gasteiger partial charge < -0.3 is 15.0 Å². The van der Waals surface area contributed by atoms with E-state index in [1.165, 1.54) is 7.11 Å². The number of hydrogen-bond acceptors (Lipinski definition) is 4. The average molecular weight is 228 g/mol. The zero-order chi connectivity index (χ0) is 12.4. The van der Waals surface area contributed by atoms with Crippen LogP contribution in [0.1, 0.15) is 19.8 Å². The fraction of sp³-hybridized carbons (Fsp3) is 0.750. The van der Waals surface area contributed by atoms with Crippen LogP contribution in [0.25, 0.3) is 0 Å². The quantitative estimate of drug-likeness (QED) is 0.383. The number of carbonyl (C=O) groups is 1. The highest BCUT2D eigenvalue weighted by molar-refractivity contribution is 5.88. The molecular weight excluding hydrogens is 204 g/mol. The van der Waals surface area contributed by atoms with Crippen LogP contribution in [-0.2, 0) is 9.53 Å². The first-order chi connectivity index (χ1) is 7.65. The maximum absolute atomic E-state index is 11.3. The molecule has 0 spiro atoms. The summed E-state index contributed by atoms with van der Waals surface area (Å²) in [6.45, 7) is 4.80. The minimum atomic E-state index is -0.217. The Morgan fingerprint density at radius 1 is 1.50 bits per heavy atom. The summed E-state index contributed by atoms with van der Waals surface area (Å²) < 4.78 is 4.70. The van der Waals surface area contributed by atoms with Gasteiger partial charge in [-0.3, -0.25) is 0 Å². The van der Waals surface area contributed by atoms with E-state index in [0.717, 1.165) is 38.0 Å². The first-order valence-corrected chi connectivity index (χ1v) is 5.76. The van der Waals surface area contributed by atoms with E-state index in [1.807, 2.05) is 20.0 Å². The van der Waals surface area contributed by atoms with Gasteiger partial charge in [0.15, 0.2) is 0 Å². The molecule has 0 aliphatic rings. The number of carbonyl (C=O) groups excluding carboxylic acids is 1. The number of esters is 1. The van der Waals surface area contributed by atoms with Gasteiger partial charge in [0.05, 0.1) is 7.11 Å². The standard InChI is InChI=1S/C12H24N2O2/c1-5-11(12(15)16-4)7-10-14(3)9-6-8-13-2/h7,13H,5-6,8-10H2,1-4H3. The van der Waals surface area contributed by atoms with E-state index in [4.69, 9.17) is 4.74 Å². The van der Waals surface area contributed by atoms with E-state index in [0.29, 0.717) is 0 Å². The van der Waals surface area contributed by atoms with Crippen LogP contribution in [0.2, 0.25) is 0 Å². The summed E-state index contributed by atoms with van der Waals surface area (Å²) in [5.74, 6) is -0.217. The number of rotatable bonds is 8. The highest BCUT2D eigenvalue weighted by atomic mass is 16.5. The van der Waals surface area contributed by atoms with Crippen molar-refractivity contribution < 1.29 is 9.53 Å². The van der Waals surface area contributed by atoms with Gasteiger partial charge in [0.2, 0.25) is 0 Å². The van der Waals surface area contributed by atoms with Gasteiger partial charge in [0, 0.05) is 12.1 Å². The second kappa shape index (κ2) is 9.36. The Balaban J connectivity index is 3.97. The Kier molecular flexibility index (Phi) is 8.85. The summed E-state index contributed by atoms with van der Waals surface area (Å²) in [6.07, 6.45) is 3.78. The molecule has 0 amide bonds. The number of ether oxygens (including phenoxy) is 1. The van der Waals surface area contributed by atoms with Gasteiger partial charge in [-0.05, 0) is 40.0 Å². The Hall–Kier alpha value is -0.870. The molecule has 0 aliphatic carbocycles. The summed E-state index contributed by atoms with van der Waals surface area (Å²) in [6, 6.07) is 0. The number of likely N-dealkylation sites (N-methyl/N-ethyl adjacent to an activating group) is 1. The normalized spacial score (nSPS) is 11.9. The molecule has 1 N–H and O–H groups in total. The lowest BCUT2D eigenvalue weighted by Gasteiger charge is -2.14. The van der Waals surface area contributed by atoms with Gasteiger partial charge in [-0.15, -0.1) is 0 Å². The van der Waals surface area contributed by atoms with Gasteiger partial charge in [-0.2, -0.15) is 0 Å². The van der Waals surface area contributed by atoms with Crippen molar-refractivity contribution in [3.8, 4) is 0 Å². The largest absolute Gasteiger partial charge is 0.466 e. The molecule has 0 bridgehead atoms. The first kappa shape index (κ1) is 15.1. The fourth-order valence-corrected chi connectivity index (χ4v) is 1.39. The third kappa shape index (κ3) is 6.58. The molecule has 0 rings (SSSR count). The van der Waals surface area contributed by atoms with Gasteiger partial charge in [0.1, 0.15) is 0 Å². The SMILES string of the molecule is CCC(=CCN(C)CCCNC)C(=O)OC. The van der Waals surface area contributed by atoms with Crippen molar-refractivity contribution in [1.82, 2.24) is 10.2 Å². The van der Waals surface area contributed by atoms with Crippen LogP contribution in [0.4, 0.5) is 0 Å². The molecular formula is C12H24N2O2. The zero-order valence-electron chi connectivity index (χ0n) is 10.9. The highest BCUT2D eigenvalue weighted by Crippen LogP contribution is 2.03. The van der Waals surface area contributed by atoms with Crippen LogP contribution in [-0.4, -0.2) is 51.7 Å². The summed E-state index contributed by atoms with van der Waals surface area (Å²) in [4.78, 5) is 13.5. The molecule has 0 aliphatic heterocycles. The Morgan fingerprint density at radius 2 is 2.19 bits per heavy atom. The van der Waals surface area contributed by atoms with Crippen LogP contribution in [0.5, 0.6) is 0 Å².